The molecule has 3 aliphatic rings. The number of amides is 2. The zero-order valence-corrected chi connectivity index (χ0v) is 17.4. The molecule has 31 heavy (non-hydrogen) atoms. The van der Waals surface area contributed by atoms with E-state index >= 15 is 0 Å². The first-order valence-electron chi connectivity index (χ1n) is 9.92. The van der Waals surface area contributed by atoms with Crippen LogP contribution in [-0.2, 0) is 9.59 Å². The van der Waals surface area contributed by atoms with Gasteiger partial charge in [-0.05, 0) is 24.6 Å². The number of carbonyl (C=O) groups is 2. The number of anilines is 1. The van der Waals surface area contributed by atoms with Crippen molar-refractivity contribution in [2.45, 2.75) is 18.5 Å². The Morgan fingerprint density at radius 3 is 2.48 bits per heavy atom. The number of benzene rings is 2. The fourth-order valence-corrected chi connectivity index (χ4v) is 5.22. The quantitative estimate of drug-likeness (QED) is 0.408. The molecule has 10 heteroatoms. The third-order valence-electron chi connectivity index (χ3n) is 6.25. The number of rotatable bonds is 4. The van der Waals surface area contributed by atoms with Gasteiger partial charge in [-0.1, -0.05) is 29.8 Å². The number of para-hydroxylation sites is 1. The van der Waals surface area contributed by atoms with Crippen LogP contribution in [0.4, 0.5) is 11.4 Å². The fraction of sp³-hybridized carbons (Fsp3) is 0.333. The molecule has 3 heterocycles. The number of fused-ring (bicyclic) bond motifs is 3. The van der Waals surface area contributed by atoms with Gasteiger partial charge in [-0.3, -0.25) is 19.7 Å². The molecular weight excluding hydrogens is 424 g/mol. The smallest absolute Gasteiger partial charge is 0.289 e. The number of carbonyl (C=O) groups excluding carboxylic acids is 2. The molecule has 0 spiro atoms. The molecule has 3 saturated heterocycles. The topological polar surface area (TPSA) is 96.2 Å². The van der Waals surface area contributed by atoms with Crippen molar-refractivity contribution in [3.8, 4) is 5.75 Å². The number of methoxy groups -OCH3 is 1. The molecule has 0 bridgehead atoms. The molecule has 0 radical (unpaired) electrons. The van der Waals surface area contributed by atoms with Crippen LogP contribution in [0.2, 0.25) is 5.02 Å². The number of nitro groups is 1. The Labute approximate surface area is 182 Å². The minimum atomic E-state index is -0.653. The summed E-state index contributed by atoms with van der Waals surface area (Å²) in [7, 11) is 1.58. The second-order valence-electron chi connectivity index (χ2n) is 7.74. The van der Waals surface area contributed by atoms with Crippen LogP contribution in [-0.4, -0.2) is 53.0 Å². The van der Waals surface area contributed by atoms with Crippen molar-refractivity contribution < 1.29 is 19.2 Å². The number of hydrogen-bond donors (Lipinski definition) is 0. The largest absolute Gasteiger partial charge is 0.496 e. The number of imide groups is 1. The van der Waals surface area contributed by atoms with Crippen molar-refractivity contribution in [3.63, 3.8) is 0 Å². The third-order valence-corrected chi connectivity index (χ3v) is 6.57. The van der Waals surface area contributed by atoms with E-state index < -0.39 is 16.9 Å². The van der Waals surface area contributed by atoms with E-state index in [4.69, 9.17) is 16.3 Å². The molecule has 2 aromatic rings. The lowest BCUT2D eigenvalue weighted by atomic mass is 9.89. The molecule has 0 unspecified atom stereocenters. The molecule has 0 aliphatic carbocycles. The zero-order valence-electron chi connectivity index (χ0n) is 16.6. The monoisotopic (exact) mass is 442 g/mol. The normalized spacial score (nSPS) is 25.7. The minimum absolute atomic E-state index is 0.0503. The van der Waals surface area contributed by atoms with Crippen LogP contribution < -0.4 is 9.64 Å². The van der Waals surface area contributed by atoms with Crippen LogP contribution in [0, 0.1) is 16.0 Å². The molecule has 3 aliphatic heterocycles. The van der Waals surface area contributed by atoms with Crippen LogP contribution in [0.3, 0.4) is 0 Å². The molecule has 0 saturated carbocycles. The number of hydrazine groups is 1. The summed E-state index contributed by atoms with van der Waals surface area (Å²) in [5.74, 6) is -0.743. The van der Waals surface area contributed by atoms with Gasteiger partial charge in [0.15, 0.2) is 0 Å². The van der Waals surface area contributed by atoms with Crippen LogP contribution >= 0.6 is 11.6 Å². The standard InChI is InChI=1S/C21H19ClN4O5/c1-31-16-6-3-2-5-13(16)18-17-19(24-10-4-9-23(18)24)21(28)25(20(17)27)12-7-8-14(22)15(11-12)26(29)30/h2-3,5-8,11,17-19H,4,9-10H2,1H3/t17-,18+,19+/m0/s1. The van der Waals surface area contributed by atoms with Gasteiger partial charge in [0.2, 0.25) is 5.91 Å². The predicted molar refractivity (Wildman–Crippen MR) is 112 cm³/mol. The summed E-state index contributed by atoms with van der Waals surface area (Å²) >= 11 is 5.92. The van der Waals surface area contributed by atoms with Crippen LogP contribution in [0.25, 0.3) is 0 Å². The first-order valence-corrected chi connectivity index (χ1v) is 10.3. The summed E-state index contributed by atoms with van der Waals surface area (Å²) < 4.78 is 5.54. The van der Waals surface area contributed by atoms with E-state index in [0.717, 1.165) is 23.4 Å². The van der Waals surface area contributed by atoms with Crippen LogP contribution in [0.1, 0.15) is 18.0 Å². The molecule has 160 valence electrons. The Balaban J connectivity index is 1.60. The van der Waals surface area contributed by atoms with Crippen molar-refractivity contribution in [1.29, 1.82) is 0 Å². The Morgan fingerprint density at radius 1 is 1.06 bits per heavy atom. The SMILES string of the molecule is COc1ccccc1[C@@H]1[C@@H]2C(=O)N(c3ccc(Cl)c([N+](=O)[O-])c3)C(=O)[C@@H]2N2CCCN12. The molecule has 3 fully saturated rings. The van der Waals surface area contributed by atoms with E-state index in [1.807, 2.05) is 29.3 Å². The van der Waals surface area contributed by atoms with Gasteiger partial charge in [-0.15, -0.1) is 0 Å². The highest BCUT2D eigenvalue weighted by molar-refractivity contribution is 6.33. The van der Waals surface area contributed by atoms with Crippen LogP contribution in [0.15, 0.2) is 42.5 Å². The summed E-state index contributed by atoms with van der Waals surface area (Å²) in [6.45, 7) is 1.41. The average molecular weight is 443 g/mol. The maximum absolute atomic E-state index is 13.6. The Bertz CT molecular complexity index is 1110. The third kappa shape index (κ3) is 2.84. The van der Waals surface area contributed by atoms with Gasteiger partial charge in [-0.2, -0.15) is 0 Å². The second kappa shape index (κ2) is 7.30. The van der Waals surface area contributed by atoms with E-state index in [1.54, 1.807) is 7.11 Å². The van der Waals surface area contributed by atoms with Crippen molar-refractivity contribution in [1.82, 2.24) is 10.0 Å². The molecule has 2 aromatic carbocycles. The Hall–Kier alpha value is -3.01. The maximum atomic E-state index is 13.6. The predicted octanol–water partition coefficient (Wildman–Crippen LogP) is 2.79. The van der Waals surface area contributed by atoms with E-state index in [9.17, 15) is 19.7 Å². The van der Waals surface area contributed by atoms with E-state index in [0.29, 0.717) is 12.3 Å². The van der Waals surface area contributed by atoms with E-state index in [2.05, 4.69) is 5.01 Å². The fourth-order valence-electron chi connectivity index (χ4n) is 5.03. The summed E-state index contributed by atoms with van der Waals surface area (Å²) in [5, 5.41) is 15.3. The summed E-state index contributed by atoms with van der Waals surface area (Å²) in [4.78, 5) is 38.8. The molecule has 9 nitrogen and oxygen atoms in total. The Morgan fingerprint density at radius 2 is 1.77 bits per heavy atom. The Kier molecular flexibility index (Phi) is 4.69. The van der Waals surface area contributed by atoms with Gasteiger partial charge in [0.05, 0.1) is 29.7 Å². The number of halogens is 1. The molecule has 5 rings (SSSR count). The van der Waals surface area contributed by atoms with Gasteiger partial charge in [0, 0.05) is 24.7 Å². The number of ether oxygens (including phenoxy) is 1. The van der Waals surface area contributed by atoms with E-state index in [1.165, 1.54) is 18.2 Å². The number of nitro benzene ring substituents is 1. The van der Waals surface area contributed by atoms with E-state index in [-0.39, 0.29) is 34.3 Å². The van der Waals surface area contributed by atoms with Gasteiger partial charge in [-0.25, -0.2) is 14.9 Å². The van der Waals surface area contributed by atoms with Crippen LogP contribution in [0.5, 0.6) is 5.75 Å². The van der Waals surface area contributed by atoms with Gasteiger partial charge >= 0.3 is 0 Å². The van der Waals surface area contributed by atoms with Gasteiger partial charge < -0.3 is 4.74 Å². The zero-order chi connectivity index (χ0) is 21.9. The maximum Gasteiger partial charge on any atom is 0.289 e. The van der Waals surface area contributed by atoms with Crippen molar-refractivity contribution >= 4 is 34.8 Å². The lowest BCUT2D eigenvalue weighted by molar-refractivity contribution is -0.384. The number of hydrogen-bond acceptors (Lipinski definition) is 7. The van der Waals surface area contributed by atoms with Crippen molar-refractivity contribution in [2.24, 2.45) is 5.92 Å². The average Bonchev–Trinajstić information content (AvgIpc) is 3.40. The lowest BCUT2D eigenvalue weighted by Gasteiger charge is -2.30. The second-order valence-corrected chi connectivity index (χ2v) is 8.15. The van der Waals surface area contributed by atoms with Gasteiger partial charge in [0.25, 0.3) is 11.6 Å². The summed E-state index contributed by atoms with van der Waals surface area (Å²) in [5.41, 5.74) is 0.653. The first kappa shape index (κ1) is 19.9. The minimum Gasteiger partial charge on any atom is -0.496 e. The van der Waals surface area contributed by atoms with Gasteiger partial charge in [0.1, 0.15) is 16.8 Å². The van der Waals surface area contributed by atoms with Crippen molar-refractivity contribution in [2.75, 3.05) is 25.1 Å². The summed E-state index contributed by atoms with van der Waals surface area (Å²) in [6, 6.07) is 10.5. The molecule has 3 atom stereocenters. The molecular formula is C21H19ClN4O5. The molecule has 0 N–H and O–H groups in total. The van der Waals surface area contributed by atoms with Crippen molar-refractivity contribution in [3.05, 3.63) is 63.2 Å². The highest BCUT2D eigenvalue weighted by Gasteiger charge is 2.63. The molecule has 0 aromatic heterocycles. The highest BCUT2D eigenvalue weighted by Crippen LogP contribution is 2.50. The number of nitrogens with zero attached hydrogens (tertiary/aromatic N) is 4. The highest BCUT2D eigenvalue weighted by atomic mass is 35.5. The molecule has 2 amide bonds. The summed E-state index contributed by atoms with van der Waals surface area (Å²) in [6.07, 6.45) is 0.878. The lowest BCUT2D eigenvalue weighted by Crippen LogP contribution is -2.44. The first-order chi connectivity index (χ1) is 14.9.